The minimum atomic E-state index is 0.582. The molecule has 4 rings (SSSR count). The first kappa shape index (κ1) is 14.8. The Morgan fingerprint density at radius 2 is 1.25 bits per heavy atom. The molecule has 0 amide bonds. The zero-order chi connectivity index (χ0) is 16.4. The van der Waals surface area contributed by atoms with E-state index in [-0.39, 0.29) is 0 Å². The minimum Gasteiger partial charge on any atom is -0.435 e. The summed E-state index contributed by atoms with van der Waals surface area (Å²) in [5, 5.41) is 0. The lowest BCUT2D eigenvalue weighted by Gasteiger charge is -2.01. The predicted molar refractivity (Wildman–Crippen MR) is 100 cm³/mol. The smallest absolute Gasteiger partial charge is 0.228 e. The van der Waals surface area contributed by atoms with Gasteiger partial charge in [0, 0.05) is 16.0 Å². The second-order valence-corrected chi connectivity index (χ2v) is 5.93. The first-order chi connectivity index (χ1) is 11.8. The molecule has 0 spiro atoms. The first-order valence-electron chi connectivity index (χ1n) is 7.73. The Hall–Kier alpha value is -2.78. The van der Waals surface area contributed by atoms with Crippen LogP contribution in [0.3, 0.4) is 0 Å². The summed E-state index contributed by atoms with van der Waals surface area (Å²) in [6.45, 7) is 0. The molecular weight excluding hydrogens is 314 g/mol. The summed E-state index contributed by atoms with van der Waals surface area (Å²) in [7, 11) is 0. The van der Waals surface area contributed by atoms with Crippen molar-refractivity contribution in [2.24, 2.45) is 0 Å². The van der Waals surface area contributed by atoms with Gasteiger partial charge in [-0.3, -0.25) is 0 Å². The van der Waals surface area contributed by atoms with Gasteiger partial charge in [-0.2, -0.15) is 0 Å². The van der Waals surface area contributed by atoms with Gasteiger partial charge in [0.25, 0.3) is 0 Å². The van der Waals surface area contributed by atoms with Crippen LogP contribution in [-0.4, -0.2) is 4.98 Å². The molecule has 24 heavy (non-hydrogen) atoms. The average Bonchev–Trinajstić information content (AvgIpc) is 3.09. The summed E-state index contributed by atoms with van der Waals surface area (Å²) in [6.07, 6.45) is 0. The van der Waals surface area contributed by atoms with Gasteiger partial charge in [0.05, 0.1) is 5.56 Å². The SMILES string of the molecule is Sc1ccccc1-c1nc(-c2ccccc2)c(-c2ccccc2)o1. The summed E-state index contributed by atoms with van der Waals surface area (Å²) >= 11 is 4.53. The van der Waals surface area contributed by atoms with Gasteiger partial charge < -0.3 is 4.42 Å². The second kappa shape index (κ2) is 6.38. The van der Waals surface area contributed by atoms with E-state index in [0.29, 0.717) is 5.89 Å². The Bertz CT molecular complexity index is 905. The number of nitrogens with zero attached hydrogens (tertiary/aromatic N) is 1. The fourth-order valence-corrected chi connectivity index (χ4v) is 2.92. The summed E-state index contributed by atoms with van der Waals surface area (Å²) in [4.78, 5) is 5.62. The number of benzene rings is 3. The molecule has 3 heteroatoms. The van der Waals surface area contributed by atoms with Gasteiger partial charge in [-0.05, 0) is 12.1 Å². The van der Waals surface area contributed by atoms with Gasteiger partial charge in [0.1, 0.15) is 5.69 Å². The van der Waals surface area contributed by atoms with Gasteiger partial charge in [-0.25, -0.2) is 4.98 Å². The molecule has 0 saturated carbocycles. The quantitative estimate of drug-likeness (QED) is 0.469. The Morgan fingerprint density at radius 1 is 0.667 bits per heavy atom. The fraction of sp³-hybridized carbons (Fsp3) is 0. The lowest BCUT2D eigenvalue weighted by molar-refractivity contribution is 0.587. The van der Waals surface area contributed by atoms with Crippen LogP contribution in [0.5, 0.6) is 0 Å². The second-order valence-electron chi connectivity index (χ2n) is 5.45. The van der Waals surface area contributed by atoms with Crippen LogP contribution in [0.15, 0.2) is 94.2 Å². The molecule has 116 valence electrons. The predicted octanol–water partition coefficient (Wildman–Crippen LogP) is 5.96. The maximum atomic E-state index is 6.16. The summed E-state index contributed by atoms with van der Waals surface area (Å²) in [6, 6.07) is 28.0. The third kappa shape index (κ3) is 2.74. The average molecular weight is 329 g/mol. The number of hydrogen-bond acceptors (Lipinski definition) is 3. The van der Waals surface area contributed by atoms with Crippen molar-refractivity contribution in [1.82, 2.24) is 4.98 Å². The van der Waals surface area contributed by atoms with Crippen molar-refractivity contribution in [1.29, 1.82) is 0 Å². The van der Waals surface area contributed by atoms with Crippen molar-refractivity contribution in [2.75, 3.05) is 0 Å². The lowest BCUT2D eigenvalue weighted by Crippen LogP contribution is -1.82. The molecule has 1 aromatic heterocycles. The maximum absolute atomic E-state index is 6.16. The van der Waals surface area contributed by atoms with Crippen molar-refractivity contribution < 1.29 is 4.42 Å². The van der Waals surface area contributed by atoms with Crippen molar-refractivity contribution in [3.05, 3.63) is 84.9 Å². The van der Waals surface area contributed by atoms with E-state index in [1.807, 2.05) is 84.9 Å². The highest BCUT2D eigenvalue weighted by molar-refractivity contribution is 7.80. The summed E-state index contributed by atoms with van der Waals surface area (Å²) < 4.78 is 6.16. The normalized spacial score (nSPS) is 10.7. The van der Waals surface area contributed by atoms with E-state index in [1.165, 1.54) is 0 Å². The highest BCUT2D eigenvalue weighted by atomic mass is 32.1. The van der Waals surface area contributed by atoms with Crippen LogP contribution in [0.25, 0.3) is 34.0 Å². The summed E-state index contributed by atoms with van der Waals surface area (Å²) in [5.74, 6) is 1.35. The number of rotatable bonds is 3. The largest absolute Gasteiger partial charge is 0.435 e. The highest BCUT2D eigenvalue weighted by Crippen LogP contribution is 2.37. The van der Waals surface area contributed by atoms with Gasteiger partial charge in [-0.15, -0.1) is 12.6 Å². The van der Waals surface area contributed by atoms with E-state index in [2.05, 4.69) is 12.6 Å². The van der Waals surface area contributed by atoms with Crippen LogP contribution in [0.1, 0.15) is 0 Å². The molecule has 0 saturated heterocycles. The van der Waals surface area contributed by atoms with Crippen molar-refractivity contribution in [3.63, 3.8) is 0 Å². The van der Waals surface area contributed by atoms with Crippen molar-refractivity contribution in [2.45, 2.75) is 4.90 Å². The van der Waals surface area contributed by atoms with Crippen molar-refractivity contribution >= 4 is 12.6 Å². The Labute approximate surface area is 146 Å². The number of hydrogen-bond donors (Lipinski definition) is 1. The molecule has 2 nitrogen and oxygen atoms in total. The molecule has 0 radical (unpaired) electrons. The molecule has 0 aliphatic rings. The Morgan fingerprint density at radius 3 is 1.92 bits per heavy atom. The van der Waals surface area contributed by atoms with Crippen LogP contribution in [0.4, 0.5) is 0 Å². The van der Waals surface area contributed by atoms with Crippen LogP contribution < -0.4 is 0 Å². The van der Waals surface area contributed by atoms with Crippen LogP contribution in [0.2, 0.25) is 0 Å². The first-order valence-corrected chi connectivity index (χ1v) is 8.17. The van der Waals surface area contributed by atoms with Gasteiger partial charge >= 0.3 is 0 Å². The van der Waals surface area contributed by atoms with Crippen LogP contribution in [0, 0.1) is 0 Å². The van der Waals surface area contributed by atoms with Crippen LogP contribution in [-0.2, 0) is 0 Å². The highest BCUT2D eigenvalue weighted by Gasteiger charge is 2.18. The van der Waals surface area contributed by atoms with E-state index < -0.39 is 0 Å². The molecule has 3 aromatic carbocycles. The number of oxazole rings is 1. The minimum absolute atomic E-state index is 0.582. The third-order valence-electron chi connectivity index (χ3n) is 3.84. The van der Waals surface area contributed by atoms with E-state index in [1.54, 1.807) is 0 Å². The zero-order valence-electron chi connectivity index (χ0n) is 12.9. The molecule has 0 aliphatic heterocycles. The molecule has 4 aromatic rings. The lowest BCUT2D eigenvalue weighted by atomic mass is 10.1. The van der Waals surface area contributed by atoms with Gasteiger partial charge in [0.15, 0.2) is 5.76 Å². The molecular formula is C21H15NOS. The topological polar surface area (TPSA) is 26.0 Å². The molecule has 0 aliphatic carbocycles. The van der Waals surface area contributed by atoms with Gasteiger partial charge in [-0.1, -0.05) is 72.8 Å². The number of thiol groups is 1. The van der Waals surface area contributed by atoms with Crippen molar-refractivity contribution in [3.8, 4) is 34.0 Å². The molecule has 0 atom stereocenters. The van der Waals surface area contributed by atoms with Gasteiger partial charge in [0.2, 0.25) is 5.89 Å². The summed E-state index contributed by atoms with van der Waals surface area (Å²) in [5.41, 5.74) is 3.77. The number of aromatic nitrogens is 1. The molecule has 0 bridgehead atoms. The molecule has 0 N–H and O–H groups in total. The Kier molecular flexibility index (Phi) is 3.93. The molecule has 1 heterocycles. The monoisotopic (exact) mass is 329 g/mol. The standard InChI is InChI=1S/C21H15NOS/c24-18-14-8-7-13-17(18)21-22-19(15-9-3-1-4-10-15)20(23-21)16-11-5-2-6-12-16/h1-14,24H. The van der Waals surface area contributed by atoms with E-state index in [4.69, 9.17) is 9.40 Å². The van der Waals surface area contributed by atoms with E-state index in [9.17, 15) is 0 Å². The maximum Gasteiger partial charge on any atom is 0.228 e. The Balaban J connectivity index is 1.94. The fourth-order valence-electron chi connectivity index (χ4n) is 2.67. The van der Waals surface area contributed by atoms with E-state index in [0.717, 1.165) is 33.0 Å². The molecule has 0 fully saturated rings. The van der Waals surface area contributed by atoms with Crippen LogP contribution >= 0.6 is 12.6 Å². The zero-order valence-corrected chi connectivity index (χ0v) is 13.8. The molecule has 0 unspecified atom stereocenters. The van der Waals surface area contributed by atoms with E-state index >= 15 is 0 Å². The third-order valence-corrected chi connectivity index (χ3v) is 4.23.